The van der Waals surface area contributed by atoms with Crippen molar-refractivity contribution in [1.29, 1.82) is 0 Å². The number of benzene rings is 1. The second kappa shape index (κ2) is 8.53. The Balaban J connectivity index is 2.28. The van der Waals surface area contributed by atoms with Gasteiger partial charge < -0.3 is 15.2 Å². The first-order valence-corrected chi connectivity index (χ1v) is 6.90. The molecule has 1 atom stereocenters. The maximum absolute atomic E-state index is 12.7. The second-order valence-electron chi connectivity index (χ2n) is 4.68. The van der Waals surface area contributed by atoms with Crippen LogP contribution in [0.4, 0.5) is 4.39 Å². The molecule has 1 aromatic carbocycles. The molecule has 0 saturated heterocycles. The molecule has 0 saturated carbocycles. The normalized spacial score (nSPS) is 12.2. The summed E-state index contributed by atoms with van der Waals surface area (Å²) in [6.07, 6.45) is 0.771. The molecule has 2 N–H and O–H groups in total. The third-order valence-corrected chi connectivity index (χ3v) is 3.12. The molecule has 0 bridgehead atoms. The zero-order chi connectivity index (χ0) is 15.0. The van der Waals surface area contributed by atoms with Crippen molar-refractivity contribution in [3.63, 3.8) is 0 Å². The number of carbonyl (C=O) groups is 1. The van der Waals surface area contributed by atoms with Crippen molar-refractivity contribution in [3.05, 3.63) is 30.1 Å². The molecule has 112 valence electrons. The minimum absolute atomic E-state index is 0.0137. The second-order valence-corrected chi connectivity index (χ2v) is 4.68. The molecule has 0 aliphatic rings. The lowest BCUT2D eigenvalue weighted by atomic mass is 10.0. The maximum atomic E-state index is 12.7. The van der Waals surface area contributed by atoms with Crippen LogP contribution >= 0.6 is 0 Å². The van der Waals surface area contributed by atoms with Crippen LogP contribution in [0.3, 0.4) is 0 Å². The molecule has 1 rings (SSSR count). The van der Waals surface area contributed by atoms with Gasteiger partial charge in [0.15, 0.2) is 0 Å². The first-order valence-electron chi connectivity index (χ1n) is 6.90. The number of ether oxygens (including phenoxy) is 1. The van der Waals surface area contributed by atoms with E-state index >= 15 is 0 Å². The first kappa shape index (κ1) is 16.4. The predicted octanol–water partition coefficient (Wildman–Crippen LogP) is 2.12. The summed E-state index contributed by atoms with van der Waals surface area (Å²) < 4.78 is 18.0. The maximum Gasteiger partial charge on any atom is 0.223 e. The SMILES string of the molecule is CCC(CC)C(=O)NCC(O)COc1ccc(F)cc1. The number of carbonyl (C=O) groups excluding carboxylic acids is 1. The Hall–Kier alpha value is -1.62. The topological polar surface area (TPSA) is 58.6 Å². The van der Waals surface area contributed by atoms with Gasteiger partial charge in [0.1, 0.15) is 24.3 Å². The van der Waals surface area contributed by atoms with Crippen LogP contribution in [0.2, 0.25) is 0 Å². The van der Waals surface area contributed by atoms with Crippen molar-refractivity contribution in [2.75, 3.05) is 13.2 Å². The van der Waals surface area contributed by atoms with Crippen LogP contribution in [0.1, 0.15) is 26.7 Å². The Morgan fingerprint density at radius 2 is 1.90 bits per heavy atom. The van der Waals surface area contributed by atoms with Crippen LogP contribution in [0, 0.1) is 11.7 Å². The average Bonchev–Trinajstić information content (AvgIpc) is 2.45. The van der Waals surface area contributed by atoms with Crippen LogP contribution < -0.4 is 10.1 Å². The highest BCUT2D eigenvalue weighted by Crippen LogP contribution is 2.11. The molecule has 0 heterocycles. The monoisotopic (exact) mass is 283 g/mol. The van der Waals surface area contributed by atoms with E-state index in [1.54, 1.807) is 0 Å². The number of amides is 1. The zero-order valence-electron chi connectivity index (χ0n) is 11.9. The van der Waals surface area contributed by atoms with Gasteiger partial charge in [-0.25, -0.2) is 4.39 Å². The lowest BCUT2D eigenvalue weighted by Gasteiger charge is -2.16. The van der Waals surface area contributed by atoms with Gasteiger partial charge in [0.25, 0.3) is 0 Å². The average molecular weight is 283 g/mol. The number of halogens is 1. The van der Waals surface area contributed by atoms with E-state index in [0.717, 1.165) is 12.8 Å². The van der Waals surface area contributed by atoms with Gasteiger partial charge in [0.05, 0.1) is 0 Å². The van der Waals surface area contributed by atoms with Gasteiger partial charge in [0.2, 0.25) is 5.91 Å². The Kier molecular flexibility index (Phi) is 7.01. The molecule has 0 radical (unpaired) electrons. The summed E-state index contributed by atoms with van der Waals surface area (Å²) in [5, 5.41) is 12.4. The van der Waals surface area contributed by atoms with Crippen LogP contribution in [-0.2, 0) is 4.79 Å². The van der Waals surface area contributed by atoms with E-state index in [2.05, 4.69) is 5.32 Å². The molecule has 0 aliphatic carbocycles. The molecule has 1 unspecified atom stereocenters. The van der Waals surface area contributed by atoms with Crippen LogP contribution in [0.25, 0.3) is 0 Å². The van der Waals surface area contributed by atoms with E-state index in [-0.39, 0.29) is 30.8 Å². The summed E-state index contributed by atoms with van der Waals surface area (Å²) in [5.74, 6) is 0.0863. The Morgan fingerprint density at radius 3 is 2.45 bits per heavy atom. The smallest absolute Gasteiger partial charge is 0.223 e. The standard InChI is InChI=1S/C15H22FNO3/c1-3-11(4-2)15(19)17-9-13(18)10-20-14-7-5-12(16)6-8-14/h5-8,11,13,18H,3-4,9-10H2,1-2H3,(H,17,19). The fraction of sp³-hybridized carbons (Fsp3) is 0.533. The predicted molar refractivity (Wildman–Crippen MR) is 75.0 cm³/mol. The van der Waals surface area contributed by atoms with Crippen molar-refractivity contribution in [2.24, 2.45) is 5.92 Å². The number of hydrogen-bond acceptors (Lipinski definition) is 3. The van der Waals surface area contributed by atoms with Crippen molar-refractivity contribution in [3.8, 4) is 5.75 Å². The zero-order valence-corrected chi connectivity index (χ0v) is 11.9. The number of aliphatic hydroxyl groups is 1. The van der Waals surface area contributed by atoms with Gasteiger partial charge >= 0.3 is 0 Å². The lowest BCUT2D eigenvalue weighted by molar-refractivity contribution is -0.125. The van der Waals surface area contributed by atoms with E-state index in [0.29, 0.717) is 5.75 Å². The largest absolute Gasteiger partial charge is 0.491 e. The molecule has 0 aromatic heterocycles. The van der Waals surface area contributed by atoms with Crippen LogP contribution in [0.5, 0.6) is 5.75 Å². The summed E-state index contributed by atoms with van der Waals surface area (Å²) in [4.78, 5) is 11.7. The molecule has 0 aliphatic heterocycles. The van der Waals surface area contributed by atoms with Gasteiger partial charge in [-0.15, -0.1) is 0 Å². The molecule has 1 aromatic rings. The summed E-state index contributed by atoms with van der Waals surface area (Å²) in [6.45, 7) is 4.12. The summed E-state index contributed by atoms with van der Waals surface area (Å²) >= 11 is 0. The van der Waals surface area contributed by atoms with Crippen molar-refractivity contribution in [2.45, 2.75) is 32.8 Å². The van der Waals surface area contributed by atoms with Crippen LogP contribution in [-0.4, -0.2) is 30.3 Å². The van der Waals surface area contributed by atoms with E-state index in [9.17, 15) is 14.3 Å². The molecule has 20 heavy (non-hydrogen) atoms. The number of rotatable bonds is 8. The minimum Gasteiger partial charge on any atom is -0.491 e. The van der Waals surface area contributed by atoms with Gasteiger partial charge in [-0.05, 0) is 37.1 Å². The van der Waals surface area contributed by atoms with Crippen molar-refractivity contribution in [1.82, 2.24) is 5.32 Å². The molecule has 4 nitrogen and oxygen atoms in total. The number of aliphatic hydroxyl groups excluding tert-OH is 1. The quantitative estimate of drug-likeness (QED) is 0.768. The fourth-order valence-electron chi connectivity index (χ4n) is 1.80. The summed E-state index contributed by atoms with van der Waals surface area (Å²) in [6, 6.07) is 5.56. The Labute approximate surface area is 119 Å². The third-order valence-electron chi connectivity index (χ3n) is 3.12. The van der Waals surface area contributed by atoms with Gasteiger partial charge in [-0.2, -0.15) is 0 Å². The number of hydrogen-bond donors (Lipinski definition) is 2. The van der Waals surface area contributed by atoms with Crippen molar-refractivity contribution >= 4 is 5.91 Å². The van der Waals surface area contributed by atoms with Gasteiger partial charge in [-0.3, -0.25) is 4.79 Å². The highest BCUT2D eigenvalue weighted by molar-refractivity contribution is 5.78. The van der Waals surface area contributed by atoms with E-state index in [1.807, 2.05) is 13.8 Å². The molecule has 1 amide bonds. The Bertz CT molecular complexity index is 404. The lowest BCUT2D eigenvalue weighted by Crippen LogP contribution is -2.38. The van der Waals surface area contributed by atoms with Crippen molar-refractivity contribution < 1.29 is 19.0 Å². The molecule has 0 fully saturated rings. The van der Waals surface area contributed by atoms with Crippen LogP contribution in [0.15, 0.2) is 24.3 Å². The first-order chi connectivity index (χ1) is 9.56. The molecular formula is C15H22FNO3. The highest BCUT2D eigenvalue weighted by Gasteiger charge is 2.15. The summed E-state index contributed by atoms with van der Waals surface area (Å²) in [5.41, 5.74) is 0. The van der Waals surface area contributed by atoms with Gasteiger partial charge in [-0.1, -0.05) is 13.8 Å². The molecule has 5 heteroatoms. The van der Waals surface area contributed by atoms with E-state index < -0.39 is 6.10 Å². The Morgan fingerprint density at radius 1 is 1.30 bits per heavy atom. The van der Waals surface area contributed by atoms with E-state index in [1.165, 1.54) is 24.3 Å². The van der Waals surface area contributed by atoms with E-state index in [4.69, 9.17) is 4.74 Å². The molecular weight excluding hydrogens is 261 g/mol. The number of nitrogens with one attached hydrogen (secondary N) is 1. The summed E-state index contributed by atoms with van der Waals surface area (Å²) in [7, 11) is 0. The molecule has 0 spiro atoms. The third kappa shape index (κ3) is 5.57. The van der Waals surface area contributed by atoms with Gasteiger partial charge in [0, 0.05) is 12.5 Å². The fourth-order valence-corrected chi connectivity index (χ4v) is 1.80. The minimum atomic E-state index is -0.793. The highest BCUT2D eigenvalue weighted by atomic mass is 19.1.